The van der Waals surface area contributed by atoms with E-state index in [2.05, 4.69) is 32.8 Å². The van der Waals surface area contributed by atoms with E-state index in [9.17, 15) is 4.79 Å². The van der Waals surface area contributed by atoms with Gasteiger partial charge in [-0.1, -0.05) is 30.3 Å². The van der Waals surface area contributed by atoms with Crippen molar-refractivity contribution in [3.05, 3.63) is 53.9 Å². The summed E-state index contributed by atoms with van der Waals surface area (Å²) in [4.78, 5) is 16.4. The molecule has 0 spiro atoms. The van der Waals surface area contributed by atoms with Crippen LogP contribution in [-0.2, 0) is 6.54 Å². The van der Waals surface area contributed by atoms with Gasteiger partial charge in [-0.2, -0.15) is 5.10 Å². The molecule has 0 saturated carbocycles. The number of nitrogens with two attached hydrogens (primary N) is 1. The second kappa shape index (κ2) is 7.13. The van der Waals surface area contributed by atoms with Crippen molar-refractivity contribution in [1.29, 1.82) is 0 Å². The molecule has 7 heteroatoms. The van der Waals surface area contributed by atoms with Crippen molar-refractivity contribution in [1.82, 2.24) is 20.1 Å². The summed E-state index contributed by atoms with van der Waals surface area (Å²) in [6, 6.07) is 10.4. The predicted molar refractivity (Wildman–Crippen MR) is 101 cm³/mol. The fourth-order valence-corrected chi connectivity index (χ4v) is 3.41. The Morgan fingerprint density at radius 3 is 2.73 bits per heavy atom. The minimum atomic E-state index is -0.480. The van der Waals surface area contributed by atoms with Crippen molar-refractivity contribution in [3.8, 4) is 0 Å². The maximum absolute atomic E-state index is 11.9. The number of anilines is 1. The summed E-state index contributed by atoms with van der Waals surface area (Å²) in [6.07, 6.45) is 5.32. The highest BCUT2D eigenvalue weighted by Crippen LogP contribution is 2.28. The number of hydrogen-bond acceptors (Lipinski definition) is 5. The van der Waals surface area contributed by atoms with Crippen LogP contribution in [0.25, 0.3) is 11.0 Å². The second-order valence-electron chi connectivity index (χ2n) is 6.60. The summed E-state index contributed by atoms with van der Waals surface area (Å²) >= 11 is 0. The van der Waals surface area contributed by atoms with Gasteiger partial charge in [-0.25, -0.2) is 9.67 Å². The summed E-state index contributed by atoms with van der Waals surface area (Å²) in [6.45, 7) is 2.55. The Hall–Kier alpha value is -2.93. The van der Waals surface area contributed by atoms with Gasteiger partial charge < -0.3 is 16.4 Å². The number of nitrogens with one attached hydrogen (secondary N) is 2. The predicted octanol–water partition coefficient (Wildman–Crippen LogP) is 1.74. The SMILES string of the molecule is NC(=O)c1cnc2c(cnn2Cc2ccccc2)c1NC1CCNCC1. The van der Waals surface area contributed by atoms with Crippen LogP contribution < -0.4 is 16.4 Å². The lowest BCUT2D eigenvalue weighted by molar-refractivity contribution is 0.100. The molecule has 0 bridgehead atoms. The molecule has 0 unspecified atom stereocenters. The van der Waals surface area contributed by atoms with Crippen LogP contribution in [0.15, 0.2) is 42.7 Å². The summed E-state index contributed by atoms with van der Waals surface area (Å²) in [5.41, 5.74) is 8.63. The molecule has 0 radical (unpaired) electrons. The molecule has 1 fully saturated rings. The average molecular weight is 350 g/mol. The van der Waals surface area contributed by atoms with Crippen molar-refractivity contribution in [2.24, 2.45) is 5.73 Å². The Bertz CT molecular complexity index is 914. The first-order valence-corrected chi connectivity index (χ1v) is 8.88. The summed E-state index contributed by atoms with van der Waals surface area (Å²) in [5, 5.41) is 12.2. The van der Waals surface area contributed by atoms with Crippen LogP contribution in [-0.4, -0.2) is 39.8 Å². The van der Waals surface area contributed by atoms with Crippen LogP contribution in [0.3, 0.4) is 0 Å². The molecule has 0 atom stereocenters. The number of carbonyl (C=O) groups is 1. The highest BCUT2D eigenvalue weighted by molar-refractivity contribution is 6.05. The van der Waals surface area contributed by atoms with Crippen LogP contribution in [0, 0.1) is 0 Å². The van der Waals surface area contributed by atoms with Gasteiger partial charge in [-0.3, -0.25) is 4.79 Å². The van der Waals surface area contributed by atoms with Crippen molar-refractivity contribution in [2.75, 3.05) is 18.4 Å². The molecule has 4 rings (SSSR count). The number of pyridine rings is 1. The van der Waals surface area contributed by atoms with E-state index < -0.39 is 5.91 Å². The van der Waals surface area contributed by atoms with Crippen LogP contribution in [0.1, 0.15) is 28.8 Å². The number of fused-ring (bicyclic) bond motifs is 1. The van der Waals surface area contributed by atoms with Crippen molar-refractivity contribution in [2.45, 2.75) is 25.4 Å². The smallest absolute Gasteiger partial charge is 0.252 e. The largest absolute Gasteiger partial charge is 0.381 e. The van der Waals surface area contributed by atoms with E-state index in [1.807, 2.05) is 22.9 Å². The average Bonchev–Trinajstić information content (AvgIpc) is 3.07. The molecular formula is C19H22N6O. The number of benzene rings is 1. The molecule has 2 aromatic heterocycles. The fourth-order valence-electron chi connectivity index (χ4n) is 3.41. The Morgan fingerprint density at radius 1 is 1.23 bits per heavy atom. The molecule has 1 amide bonds. The number of primary amides is 1. The molecule has 3 aromatic rings. The normalized spacial score (nSPS) is 15.2. The number of rotatable bonds is 5. The van der Waals surface area contributed by atoms with Crippen LogP contribution in [0.5, 0.6) is 0 Å². The number of hydrogen-bond donors (Lipinski definition) is 3. The number of carbonyl (C=O) groups excluding carboxylic acids is 1. The van der Waals surface area contributed by atoms with E-state index in [0.717, 1.165) is 48.2 Å². The quantitative estimate of drug-likeness (QED) is 0.651. The molecule has 134 valence electrons. The first-order chi connectivity index (χ1) is 12.7. The molecule has 1 aromatic carbocycles. The van der Waals surface area contributed by atoms with E-state index in [1.54, 1.807) is 12.4 Å². The van der Waals surface area contributed by atoms with Crippen LogP contribution in [0.4, 0.5) is 5.69 Å². The van der Waals surface area contributed by atoms with Gasteiger partial charge >= 0.3 is 0 Å². The molecule has 26 heavy (non-hydrogen) atoms. The van der Waals surface area contributed by atoms with Crippen molar-refractivity contribution < 1.29 is 4.79 Å². The van der Waals surface area contributed by atoms with Gasteiger partial charge in [0.05, 0.1) is 29.4 Å². The van der Waals surface area contributed by atoms with E-state index in [4.69, 9.17) is 5.73 Å². The van der Waals surface area contributed by atoms with Gasteiger partial charge in [0.15, 0.2) is 5.65 Å². The van der Waals surface area contributed by atoms with Crippen LogP contribution >= 0.6 is 0 Å². The molecule has 1 aliphatic heterocycles. The third-order valence-corrected chi connectivity index (χ3v) is 4.79. The zero-order valence-electron chi connectivity index (χ0n) is 14.5. The number of aromatic nitrogens is 3. The van der Waals surface area contributed by atoms with E-state index in [-0.39, 0.29) is 0 Å². The number of amides is 1. The number of nitrogens with zero attached hydrogens (tertiary/aromatic N) is 3. The summed E-state index contributed by atoms with van der Waals surface area (Å²) in [5.74, 6) is -0.480. The lowest BCUT2D eigenvalue weighted by Crippen LogP contribution is -2.35. The van der Waals surface area contributed by atoms with Gasteiger partial charge in [-0.15, -0.1) is 0 Å². The minimum absolute atomic E-state index is 0.303. The zero-order valence-corrected chi connectivity index (χ0v) is 14.5. The van der Waals surface area contributed by atoms with Gasteiger partial charge in [0.25, 0.3) is 5.91 Å². The van der Waals surface area contributed by atoms with E-state index >= 15 is 0 Å². The Morgan fingerprint density at radius 2 is 2.00 bits per heavy atom. The van der Waals surface area contributed by atoms with E-state index in [1.165, 1.54) is 0 Å². The summed E-state index contributed by atoms with van der Waals surface area (Å²) in [7, 11) is 0. The molecule has 1 saturated heterocycles. The third-order valence-electron chi connectivity index (χ3n) is 4.79. The van der Waals surface area contributed by atoms with E-state index in [0.29, 0.717) is 18.2 Å². The monoisotopic (exact) mass is 350 g/mol. The molecule has 4 N–H and O–H groups in total. The van der Waals surface area contributed by atoms with Crippen LogP contribution in [0.2, 0.25) is 0 Å². The maximum Gasteiger partial charge on any atom is 0.252 e. The van der Waals surface area contributed by atoms with Crippen molar-refractivity contribution >= 4 is 22.6 Å². The summed E-state index contributed by atoms with van der Waals surface area (Å²) < 4.78 is 1.85. The Kier molecular flexibility index (Phi) is 4.53. The fraction of sp³-hybridized carbons (Fsp3) is 0.316. The molecular weight excluding hydrogens is 328 g/mol. The van der Waals surface area contributed by atoms with Gasteiger partial charge in [0.2, 0.25) is 0 Å². The lowest BCUT2D eigenvalue weighted by Gasteiger charge is -2.25. The highest BCUT2D eigenvalue weighted by atomic mass is 16.1. The number of piperidine rings is 1. The highest BCUT2D eigenvalue weighted by Gasteiger charge is 2.20. The molecule has 1 aliphatic rings. The first-order valence-electron chi connectivity index (χ1n) is 8.88. The second-order valence-corrected chi connectivity index (χ2v) is 6.60. The Labute approximate surface area is 151 Å². The molecule has 0 aliphatic carbocycles. The van der Waals surface area contributed by atoms with Crippen molar-refractivity contribution in [3.63, 3.8) is 0 Å². The zero-order chi connectivity index (χ0) is 17.9. The van der Waals surface area contributed by atoms with Gasteiger partial charge in [0, 0.05) is 12.2 Å². The van der Waals surface area contributed by atoms with Gasteiger partial charge in [-0.05, 0) is 31.5 Å². The first kappa shape index (κ1) is 16.5. The molecule has 3 heterocycles. The standard InChI is InChI=1S/C19H22N6O/c20-18(26)15-10-22-19-16(17(15)24-14-6-8-21-9-7-14)11-23-25(19)12-13-4-2-1-3-5-13/h1-5,10-11,14,21H,6-9,12H2,(H2,20,26)(H,22,24). The van der Waals surface area contributed by atoms with Gasteiger partial charge in [0.1, 0.15) is 0 Å². The minimum Gasteiger partial charge on any atom is -0.381 e. The molecule has 7 nitrogen and oxygen atoms in total. The maximum atomic E-state index is 11.9. The Balaban J connectivity index is 1.72. The lowest BCUT2D eigenvalue weighted by atomic mass is 10.0. The third kappa shape index (κ3) is 3.25. The topological polar surface area (TPSA) is 97.9 Å².